The Morgan fingerprint density at radius 2 is 1.15 bits per heavy atom. The van der Waals surface area contributed by atoms with E-state index in [9.17, 15) is 0 Å². The molecule has 0 atom stereocenters. The van der Waals surface area contributed by atoms with E-state index in [0.717, 1.165) is 31.2 Å². The Morgan fingerprint density at radius 3 is 1.80 bits per heavy atom. The van der Waals surface area contributed by atoms with Crippen LogP contribution in [0.3, 0.4) is 0 Å². The Balaban J connectivity index is 1.43. The maximum absolute atomic E-state index is 15.4. The van der Waals surface area contributed by atoms with Gasteiger partial charge in [0.15, 0.2) is 11.6 Å². The highest BCUT2D eigenvalue weighted by atomic mass is 19.3. The van der Waals surface area contributed by atoms with Crippen molar-refractivity contribution in [2.45, 2.75) is 116 Å². The number of hydrogen-bond donors (Lipinski definition) is 0. The Morgan fingerprint density at radius 1 is 0.600 bits per heavy atom. The number of fused-ring (bicyclic) bond motifs is 3. The summed E-state index contributed by atoms with van der Waals surface area (Å²) in [6.45, 7) is 4.42. The summed E-state index contributed by atoms with van der Waals surface area (Å²) in [5.41, 5.74) is 3.80. The number of rotatable bonds is 16. The topological polar surface area (TPSA) is 9.23 Å². The summed E-state index contributed by atoms with van der Waals surface area (Å²) in [5.74, 6) is -0.983. The Bertz CT molecular complexity index is 1220. The molecule has 0 amide bonds. The molecule has 3 aromatic carbocycles. The number of ether oxygens (including phenoxy) is 1. The smallest absolute Gasteiger partial charge is 0.425 e. The van der Waals surface area contributed by atoms with Gasteiger partial charge < -0.3 is 4.74 Å². The maximum atomic E-state index is 15.4. The van der Waals surface area contributed by atoms with Gasteiger partial charge in [0.1, 0.15) is 0 Å². The molecule has 0 radical (unpaired) electrons. The van der Waals surface area contributed by atoms with Crippen LogP contribution in [0.5, 0.6) is 5.75 Å². The zero-order valence-corrected chi connectivity index (χ0v) is 24.3. The molecule has 0 bridgehead atoms. The highest BCUT2D eigenvalue weighted by molar-refractivity contribution is 5.80. The fourth-order valence-electron chi connectivity index (χ4n) is 5.73. The number of halogens is 3. The first kappa shape index (κ1) is 30.2. The zero-order chi connectivity index (χ0) is 28.4. The molecule has 0 fully saturated rings. The molecule has 0 saturated carbocycles. The molecular weight excluding hydrogens is 505 g/mol. The molecule has 40 heavy (non-hydrogen) atoms. The molecule has 1 aliphatic rings. The first-order chi connectivity index (χ1) is 19.4. The van der Waals surface area contributed by atoms with Gasteiger partial charge >= 0.3 is 6.11 Å². The fraction of sp³-hybridized carbons (Fsp3) is 0.500. The number of aryl methyl sites for hydroxylation is 2. The van der Waals surface area contributed by atoms with Crippen molar-refractivity contribution in [1.82, 2.24) is 0 Å². The number of hydrogen-bond acceptors (Lipinski definition) is 1. The third-order valence-corrected chi connectivity index (χ3v) is 8.19. The summed E-state index contributed by atoms with van der Waals surface area (Å²) in [6.07, 6.45) is 13.4. The lowest BCUT2D eigenvalue weighted by molar-refractivity contribution is -0.188. The first-order valence-electron chi connectivity index (χ1n) is 15.6. The van der Waals surface area contributed by atoms with E-state index in [2.05, 4.69) is 26.0 Å². The molecule has 0 aromatic heterocycles. The fourth-order valence-corrected chi connectivity index (χ4v) is 5.73. The molecule has 1 nitrogen and oxygen atoms in total. The van der Waals surface area contributed by atoms with E-state index >= 15 is 13.2 Å². The molecular formula is C36H45F3O. The third kappa shape index (κ3) is 7.71. The van der Waals surface area contributed by atoms with Crippen LogP contribution in [0.2, 0.25) is 0 Å². The molecule has 3 aromatic rings. The van der Waals surface area contributed by atoms with Crippen LogP contribution in [0.25, 0.3) is 22.3 Å². The molecule has 216 valence electrons. The van der Waals surface area contributed by atoms with Crippen LogP contribution in [-0.2, 0) is 19.0 Å². The van der Waals surface area contributed by atoms with E-state index in [0.29, 0.717) is 28.7 Å². The van der Waals surface area contributed by atoms with E-state index in [1.165, 1.54) is 75.8 Å². The minimum atomic E-state index is -3.60. The van der Waals surface area contributed by atoms with Crippen molar-refractivity contribution >= 4 is 0 Å². The van der Waals surface area contributed by atoms with Gasteiger partial charge in [0.05, 0.1) is 5.56 Å². The van der Waals surface area contributed by atoms with E-state index in [1.807, 2.05) is 18.2 Å². The van der Waals surface area contributed by atoms with E-state index < -0.39 is 11.9 Å². The van der Waals surface area contributed by atoms with Crippen molar-refractivity contribution in [2.75, 3.05) is 0 Å². The summed E-state index contributed by atoms with van der Waals surface area (Å²) < 4.78 is 51.0. The summed E-state index contributed by atoms with van der Waals surface area (Å²) in [6, 6.07) is 16.7. The van der Waals surface area contributed by atoms with Crippen molar-refractivity contribution in [2.24, 2.45) is 0 Å². The van der Waals surface area contributed by atoms with Crippen LogP contribution >= 0.6 is 0 Å². The Hall–Kier alpha value is -2.75. The second-order valence-corrected chi connectivity index (χ2v) is 11.4. The molecule has 0 saturated heterocycles. The standard InChI is InChI=1S/C36H45F3O/c1-3-5-7-9-11-13-15-17-29-22-25-32-31-24-23-30(26-33(31)36(38,39)40-35(32)34(29)37)28-20-18-27(19-21-28)16-14-12-10-8-6-4-2/h18-26H,3-17H2,1-2H3. The predicted molar refractivity (Wildman–Crippen MR) is 161 cm³/mol. The van der Waals surface area contributed by atoms with Gasteiger partial charge in [-0.1, -0.05) is 133 Å². The molecule has 4 rings (SSSR count). The SMILES string of the molecule is CCCCCCCCCc1ccc2c(c1F)OC(F)(F)c1cc(-c3ccc(CCCCCCCC)cc3)ccc1-2. The van der Waals surface area contributed by atoms with E-state index in [-0.39, 0.29) is 11.3 Å². The van der Waals surface area contributed by atoms with Crippen LogP contribution in [0.1, 0.15) is 114 Å². The second kappa shape index (κ2) is 14.8. The highest BCUT2D eigenvalue weighted by Crippen LogP contribution is 2.49. The summed E-state index contributed by atoms with van der Waals surface area (Å²) >= 11 is 0. The lowest BCUT2D eigenvalue weighted by Crippen LogP contribution is -2.27. The van der Waals surface area contributed by atoms with Gasteiger partial charge in [-0.05, 0) is 59.6 Å². The molecule has 0 aliphatic carbocycles. The molecule has 0 unspecified atom stereocenters. The number of benzene rings is 3. The van der Waals surface area contributed by atoms with Crippen LogP contribution in [0, 0.1) is 5.82 Å². The average Bonchev–Trinajstić information content (AvgIpc) is 2.96. The Labute approximate surface area is 239 Å². The molecule has 0 spiro atoms. The van der Waals surface area contributed by atoms with Gasteiger partial charge in [-0.2, -0.15) is 8.78 Å². The zero-order valence-electron chi connectivity index (χ0n) is 24.3. The molecule has 0 N–H and O–H groups in total. The van der Waals surface area contributed by atoms with Gasteiger partial charge in [-0.15, -0.1) is 0 Å². The van der Waals surface area contributed by atoms with Gasteiger partial charge in [0.2, 0.25) is 0 Å². The normalized spacial score (nSPS) is 13.5. The Kier molecular flexibility index (Phi) is 11.1. The third-order valence-electron chi connectivity index (χ3n) is 8.19. The van der Waals surface area contributed by atoms with Crippen LogP contribution in [0.4, 0.5) is 13.2 Å². The van der Waals surface area contributed by atoms with Gasteiger partial charge in [0, 0.05) is 5.56 Å². The van der Waals surface area contributed by atoms with E-state index in [1.54, 1.807) is 18.2 Å². The van der Waals surface area contributed by atoms with Crippen molar-refractivity contribution < 1.29 is 17.9 Å². The number of unbranched alkanes of at least 4 members (excludes halogenated alkanes) is 11. The quantitative estimate of drug-likeness (QED) is 0.161. The lowest BCUT2D eigenvalue weighted by atomic mass is 9.90. The largest absolute Gasteiger partial charge is 0.427 e. The molecule has 4 heteroatoms. The molecule has 1 aliphatic heterocycles. The van der Waals surface area contributed by atoms with Crippen molar-refractivity contribution in [3.8, 4) is 28.0 Å². The lowest BCUT2D eigenvalue weighted by Gasteiger charge is -2.29. The van der Waals surface area contributed by atoms with E-state index in [4.69, 9.17) is 4.74 Å². The van der Waals surface area contributed by atoms with Crippen LogP contribution < -0.4 is 4.74 Å². The summed E-state index contributed by atoms with van der Waals surface area (Å²) in [7, 11) is 0. The minimum Gasteiger partial charge on any atom is -0.425 e. The minimum absolute atomic E-state index is 0.215. The highest BCUT2D eigenvalue weighted by Gasteiger charge is 2.43. The van der Waals surface area contributed by atoms with Gasteiger partial charge in [0.25, 0.3) is 0 Å². The van der Waals surface area contributed by atoms with Gasteiger partial charge in [-0.3, -0.25) is 0 Å². The second-order valence-electron chi connectivity index (χ2n) is 11.4. The predicted octanol–water partition coefficient (Wildman–Crippen LogP) is 11.8. The van der Waals surface area contributed by atoms with Gasteiger partial charge in [-0.25, -0.2) is 4.39 Å². The van der Waals surface area contributed by atoms with Crippen molar-refractivity contribution in [3.63, 3.8) is 0 Å². The van der Waals surface area contributed by atoms with Crippen LogP contribution in [-0.4, -0.2) is 0 Å². The maximum Gasteiger partial charge on any atom is 0.427 e. The average molecular weight is 551 g/mol. The van der Waals surface area contributed by atoms with Crippen molar-refractivity contribution in [3.05, 3.63) is 77.1 Å². The molecule has 1 heterocycles. The summed E-state index contributed by atoms with van der Waals surface area (Å²) in [4.78, 5) is 0. The first-order valence-corrected chi connectivity index (χ1v) is 15.6. The number of alkyl halides is 2. The van der Waals surface area contributed by atoms with Crippen molar-refractivity contribution in [1.29, 1.82) is 0 Å². The summed E-state index contributed by atoms with van der Waals surface area (Å²) in [5, 5.41) is 0. The monoisotopic (exact) mass is 550 g/mol. The van der Waals surface area contributed by atoms with Crippen LogP contribution in [0.15, 0.2) is 54.6 Å².